The van der Waals surface area contributed by atoms with Crippen LogP contribution in [0.25, 0.3) is 0 Å². The van der Waals surface area contributed by atoms with E-state index in [0.29, 0.717) is 12.8 Å². The van der Waals surface area contributed by atoms with E-state index in [1.165, 1.54) is 122 Å². The largest absolute Gasteiger partial charge is 0.454 e. The summed E-state index contributed by atoms with van der Waals surface area (Å²) in [6.45, 7) is 5.74. The van der Waals surface area contributed by atoms with Gasteiger partial charge >= 0.3 is 5.97 Å². The molecule has 1 amide bonds. The van der Waals surface area contributed by atoms with E-state index in [1.807, 2.05) is 6.08 Å². The molecular formula is C66H117NO10. The fourth-order valence-corrected chi connectivity index (χ4v) is 9.51. The third kappa shape index (κ3) is 41.7. The van der Waals surface area contributed by atoms with Crippen LogP contribution < -0.4 is 5.32 Å². The summed E-state index contributed by atoms with van der Waals surface area (Å²) in [6, 6.07) is -1.04. The van der Waals surface area contributed by atoms with Crippen LogP contribution in [0.1, 0.15) is 271 Å². The van der Waals surface area contributed by atoms with Crippen molar-refractivity contribution in [2.24, 2.45) is 0 Å². The van der Waals surface area contributed by atoms with Crippen LogP contribution in [0.15, 0.2) is 72.9 Å². The summed E-state index contributed by atoms with van der Waals surface area (Å²) in [4.78, 5) is 26.5. The molecule has 1 fully saturated rings. The van der Waals surface area contributed by atoms with Crippen LogP contribution in [-0.4, -0.2) is 99.6 Å². The highest BCUT2D eigenvalue weighted by molar-refractivity contribution is 5.80. The Labute approximate surface area is 471 Å². The molecule has 0 aromatic rings. The Morgan fingerprint density at radius 2 is 0.896 bits per heavy atom. The number of rotatable bonds is 53. The van der Waals surface area contributed by atoms with Crippen molar-refractivity contribution in [1.29, 1.82) is 0 Å². The van der Waals surface area contributed by atoms with Gasteiger partial charge in [0.25, 0.3) is 0 Å². The molecular weight excluding hydrogens is 967 g/mol. The van der Waals surface area contributed by atoms with Crippen LogP contribution in [0.3, 0.4) is 0 Å². The van der Waals surface area contributed by atoms with E-state index in [0.717, 1.165) is 103 Å². The number of aliphatic hydroxyl groups excluding tert-OH is 5. The molecule has 1 aliphatic heterocycles. The Kier molecular flexibility index (Phi) is 50.3. The molecule has 446 valence electrons. The lowest BCUT2D eigenvalue weighted by atomic mass is 9.99. The Morgan fingerprint density at radius 1 is 0.506 bits per heavy atom. The van der Waals surface area contributed by atoms with Crippen LogP contribution in [0, 0.1) is 0 Å². The number of hydrogen-bond donors (Lipinski definition) is 6. The van der Waals surface area contributed by atoms with Gasteiger partial charge in [0.15, 0.2) is 12.4 Å². The van der Waals surface area contributed by atoms with Gasteiger partial charge in [-0.25, -0.2) is 0 Å². The molecule has 0 aromatic carbocycles. The number of carbonyl (C=O) groups is 2. The van der Waals surface area contributed by atoms with Crippen molar-refractivity contribution >= 4 is 11.9 Å². The van der Waals surface area contributed by atoms with Crippen molar-refractivity contribution in [2.75, 3.05) is 13.2 Å². The van der Waals surface area contributed by atoms with Gasteiger partial charge in [-0.05, 0) is 96.3 Å². The molecule has 0 aliphatic carbocycles. The van der Waals surface area contributed by atoms with Gasteiger partial charge in [0.1, 0.15) is 24.4 Å². The number of amides is 1. The monoisotopic (exact) mass is 1080 g/mol. The number of esters is 1. The van der Waals surface area contributed by atoms with E-state index in [9.17, 15) is 35.1 Å². The topological polar surface area (TPSA) is 175 Å². The zero-order valence-electron chi connectivity index (χ0n) is 49.3. The minimum atomic E-state index is -1.62. The third-order valence-electron chi connectivity index (χ3n) is 14.6. The van der Waals surface area contributed by atoms with Crippen molar-refractivity contribution in [2.45, 2.75) is 320 Å². The summed E-state index contributed by atoms with van der Waals surface area (Å²) < 4.78 is 17.6. The standard InChI is InChI=1S/C66H117NO10/c1-4-7-10-13-16-19-22-25-27-28-29-30-31-32-33-34-35-38-41-44-47-50-53-59(70)65(74)67-57(58(69)52-49-46-43-40-37-24-21-18-15-12-9-6-3)56-75-66-64(63(73)62(72)60(55-68)76-66)77-61(71)54-51-48-45-42-39-36-26-23-20-17-14-11-8-5-2/h16,19,25,27,29-30,32-33,36,39,49,52,57-60,62-64,66,68-70,72-73H,4-15,17-18,20-24,26,28,31,34-35,37-38,40-48,50-51,53-56H2,1-3H3,(H,67,74)/b19-16-,27-25-,30-29-,33-32-,39-36-,52-49+. The van der Waals surface area contributed by atoms with Crippen LogP contribution >= 0.6 is 0 Å². The summed E-state index contributed by atoms with van der Waals surface area (Å²) in [6.07, 6.45) is 57.9. The minimum Gasteiger partial charge on any atom is -0.454 e. The minimum absolute atomic E-state index is 0.100. The highest BCUT2D eigenvalue weighted by Crippen LogP contribution is 2.26. The molecule has 1 aliphatic rings. The molecule has 11 heteroatoms. The van der Waals surface area contributed by atoms with Gasteiger partial charge in [-0.15, -0.1) is 0 Å². The molecule has 11 nitrogen and oxygen atoms in total. The number of allylic oxidation sites excluding steroid dienone is 11. The zero-order valence-corrected chi connectivity index (χ0v) is 49.3. The number of carbonyl (C=O) groups excluding carboxylic acids is 2. The molecule has 0 aromatic heterocycles. The first-order valence-electron chi connectivity index (χ1n) is 31.7. The van der Waals surface area contributed by atoms with Crippen LogP contribution in [0.2, 0.25) is 0 Å². The molecule has 8 atom stereocenters. The molecule has 0 saturated carbocycles. The van der Waals surface area contributed by atoms with Crippen LogP contribution in [0.4, 0.5) is 0 Å². The first-order valence-corrected chi connectivity index (χ1v) is 31.7. The molecule has 1 saturated heterocycles. The van der Waals surface area contributed by atoms with Gasteiger partial charge in [0.2, 0.25) is 5.91 Å². The first-order chi connectivity index (χ1) is 37.7. The summed E-state index contributed by atoms with van der Waals surface area (Å²) in [7, 11) is 0. The maximum atomic E-state index is 13.4. The number of aliphatic hydroxyl groups is 5. The highest BCUT2D eigenvalue weighted by atomic mass is 16.7. The zero-order chi connectivity index (χ0) is 56.1. The van der Waals surface area contributed by atoms with Crippen molar-refractivity contribution in [3.05, 3.63) is 72.9 Å². The Balaban J connectivity index is 2.68. The fourth-order valence-electron chi connectivity index (χ4n) is 9.51. The predicted molar refractivity (Wildman–Crippen MR) is 319 cm³/mol. The van der Waals surface area contributed by atoms with Crippen LogP contribution in [-0.2, 0) is 23.8 Å². The van der Waals surface area contributed by atoms with E-state index in [-0.39, 0.29) is 19.4 Å². The van der Waals surface area contributed by atoms with Crippen molar-refractivity contribution < 1.29 is 49.3 Å². The van der Waals surface area contributed by atoms with Crippen LogP contribution in [0.5, 0.6) is 0 Å². The quantitative estimate of drug-likeness (QED) is 0.0195. The smallest absolute Gasteiger partial charge is 0.306 e. The van der Waals surface area contributed by atoms with Gasteiger partial charge in [-0.1, -0.05) is 241 Å². The van der Waals surface area contributed by atoms with Gasteiger partial charge in [-0.2, -0.15) is 0 Å². The van der Waals surface area contributed by atoms with Gasteiger partial charge < -0.3 is 45.1 Å². The lowest BCUT2D eigenvalue weighted by Crippen LogP contribution is -2.61. The van der Waals surface area contributed by atoms with E-state index >= 15 is 0 Å². The summed E-state index contributed by atoms with van der Waals surface area (Å²) in [5.74, 6) is -1.22. The molecule has 1 heterocycles. The maximum absolute atomic E-state index is 13.4. The number of ether oxygens (including phenoxy) is 3. The van der Waals surface area contributed by atoms with E-state index in [4.69, 9.17) is 14.2 Å². The number of hydrogen-bond acceptors (Lipinski definition) is 10. The fraction of sp³-hybridized carbons (Fsp3) is 0.788. The Morgan fingerprint density at radius 3 is 1.38 bits per heavy atom. The lowest BCUT2D eigenvalue weighted by Gasteiger charge is -2.41. The average Bonchev–Trinajstić information content (AvgIpc) is 3.43. The first kappa shape index (κ1) is 72.1. The second-order valence-electron chi connectivity index (χ2n) is 21.8. The predicted octanol–water partition coefficient (Wildman–Crippen LogP) is 15.2. The van der Waals surface area contributed by atoms with Crippen molar-refractivity contribution in [3.8, 4) is 0 Å². The van der Waals surface area contributed by atoms with Gasteiger partial charge in [0.05, 0.1) is 25.4 Å². The molecule has 1 rings (SSSR count). The summed E-state index contributed by atoms with van der Waals surface area (Å²) >= 11 is 0. The SMILES string of the molecule is CCCCC/C=C\C/C=C\C/C=C\C/C=C\CCCCCCCCC(O)C(=O)NC(COC1OC(CO)C(O)C(O)C1OC(=O)CCCCC/C=C\CCCCCCCCC)C(O)/C=C/CCCCCCCCCCCC. The molecule has 0 spiro atoms. The summed E-state index contributed by atoms with van der Waals surface area (Å²) in [5.41, 5.74) is 0. The highest BCUT2D eigenvalue weighted by Gasteiger charge is 2.47. The summed E-state index contributed by atoms with van der Waals surface area (Å²) in [5, 5.41) is 57.0. The lowest BCUT2D eigenvalue weighted by molar-refractivity contribution is -0.305. The second-order valence-corrected chi connectivity index (χ2v) is 21.8. The molecule has 0 radical (unpaired) electrons. The Hall–Kier alpha value is -2.90. The third-order valence-corrected chi connectivity index (χ3v) is 14.6. The second kappa shape index (κ2) is 53.7. The molecule has 6 N–H and O–H groups in total. The van der Waals surface area contributed by atoms with Crippen molar-refractivity contribution in [1.82, 2.24) is 5.32 Å². The van der Waals surface area contributed by atoms with Crippen molar-refractivity contribution in [3.63, 3.8) is 0 Å². The number of unbranched alkanes of at least 4 members (excludes halogenated alkanes) is 29. The molecule has 8 unspecified atom stereocenters. The Bertz CT molecular complexity index is 1530. The average molecular weight is 1080 g/mol. The number of nitrogens with one attached hydrogen (secondary N) is 1. The molecule has 0 bridgehead atoms. The normalized spacial score (nSPS) is 19.5. The van der Waals surface area contributed by atoms with Gasteiger partial charge in [0, 0.05) is 6.42 Å². The van der Waals surface area contributed by atoms with E-state index in [2.05, 4.69) is 86.8 Å². The molecule has 77 heavy (non-hydrogen) atoms. The van der Waals surface area contributed by atoms with Gasteiger partial charge in [-0.3, -0.25) is 9.59 Å². The maximum Gasteiger partial charge on any atom is 0.306 e. The van der Waals surface area contributed by atoms with E-state index in [1.54, 1.807) is 6.08 Å². The van der Waals surface area contributed by atoms with E-state index < -0.39 is 67.4 Å².